The molecule has 2 aromatic rings. The monoisotopic (exact) mass is 435 g/mol. The Morgan fingerprint density at radius 3 is 2.74 bits per heavy atom. The third-order valence-electron chi connectivity index (χ3n) is 4.73. The van der Waals surface area contributed by atoms with Crippen molar-refractivity contribution in [1.29, 1.82) is 0 Å². The van der Waals surface area contributed by atoms with E-state index in [1.807, 2.05) is 45.0 Å². The molecule has 1 aliphatic rings. The molecule has 0 aliphatic carbocycles. The second kappa shape index (κ2) is 7.54. The van der Waals surface area contributed by atoms with Crippen LogP contribution in [0.1, 0.15) is 44.1 Å². The number of benzene rings is 1. The van der Waals surface area contributed by atoms with Crippen LogP contribution in [-0.4, -0.2) is 58.6 Å². The van der Waals surface area contributed by atoms with Gasteiger partial charge in [0.05, 0.1) is 0 Å². The number of fused-ring (bicyclic) bond motifs is 1. The highest BCUT2D eigenvalue weighted by Gasteiger charge is 2.31. The van der Waals surface area contributed by atoms with Crippen LogP contribution < -0.4 is 0 Å². The third-order valence-corrected chi connectivity index (χ3v) is 5.22. The van der Waals surface area contributed by atoms with E-state index in [1.54, 1.807) is 16.8 Å². The molecule has 1 aromatic heterocycles. The van der Waals surface area contributed by atoms with Crippen molar-refractivity contribution in [3.8, 4) is 0 Å². The largest absolute Gasteiger partial charge is 0.444 e. The maximum absolute atomic E-state index is 13.0. The molecule has 146 valence electrons. The van der Waals surface area contributed by atoms with E-state index >= 15 is 0 Å². The number of likely N-dealkylation sites (N-methyl/N-ethyl adjacent to an activating group) is 1. The van der Waals surface area contributed by atoms with E-state index < -0.39 is 5.60 Å². The number of amides is 2. The van der Waals surface area contributed by atoms with Crippen molar-refractivity contribution >= 4 is 38.8 Å². The van der Waals surface area contributed by atoms with Crippen LogP contribution in [-0.2, 0) is 4.74 Å². The van der Waals surface area contributed by atoms with Gasteiger partial charge in [0, 0.05) is 41.6 Å². The molecule has 0 spiro atoms. The molecule has 1 aromatic carbocycles. The van der Waals surface area contributed by atoms with Gasteiger partial charge in [-0.2, -0.15) is 0 Å². The molecule has 1 saturated heterocycles. The molecule has 2 amide bonds. The van der Waals surface area contributed by atoms with Crippen molar-refractivity contribution in [2.45, 2.75) is 45.3 Å². The van der Waals surface area contributed by atoms with Gasteiger partial charge in [-0.15, -0.1) is 0 Å². The number of ether oxygens (including phenoxy) is 1. The van der Waals surface area contributed by atoms with Gasteiger partial charge in [0.2, 0.25) is 0 Å². The summed E-state index contributed by atoms with van der Waals surface area (Å²) < 4.78 is 6.45. The van der Waals surface area contributed by atoms with Crippen LogP contribution in [0, 0.1) is 0 Å². The SMILES string of the molecule is CN(C(=O)c1cc2cc(Br)ccc2[nH]1)C1CCCN(C(=O)OC(C)(C)C)C1. The second-order valence-electron chi connectivity index (χ2n) is 8.05. The van der Waals surface area contributed by atoms with Gasteiger partial charge in [-0.25, -0.2) is 4.79 Å². The van der Waals surface area contributed by atoms with Gasteiger partial charge in [0.1, 0.15) is 11.3 Å². The zero-order valence-corrected chi connectivity index (χ0v) is 17.8. The topological polar surface area (TPSA) is 65.6 Å². The lowest BCUT2D eigenvalue weighted by atomic mass is 10.0. The molecule has 6 nitrogen and oxygen atoms in total. The Hall–Kier alpha value is -2.02. The second-order valence-corrected chi connectivity index (χ2v) is 8.97. The van der Waals surface area contributed by atoms with Crippen LogP contribution >= 0.6 is 15.9 Å². The number of carbonyl (C=O) groups excluding carboxylic acids is 2. The Bertz CT molecular complexity index is 856. The molecule has 3 rings (SSSR count). The minimum Gasteiger partial charge on any atom is -0.444 e. The molecule has 1 unspecified atom stereocenters. The van der Waals surface area contributed by atoms with Crippen LogP contribution in [0.5, 0.6) is 0 Å². The van der Waals surface area contributed by atoms with Crippen molar-refractivity contribution in [2.24, 2.45) is 0 Å². The number of hydrogen-bond acceptors (Lipinski definition) is 3. The fraction of sp³-hybridized carbons (Fsp3) is 0.500. The summed E-state index contributed by atoms with van der Waals surface area (Å²) >= 11 is 3.45. The Balaban J connectivity index is 1.71. The molecular formula is C20H26BrN3O3. The van der Waals surface area contributed by atoms with E-state index in [9.17, 15) is 9.59 Å². The third kappa shape index (κ3) is 4.64. The van der Waals surface area contributed by atoms with Crippen molar-refractivity contribution < 1.29 is 14.3 Å². The average molecular weight is 436 g/mol. The van der Waals surface area contributed by atoms with E-state index in [2.05, 4.69) is 20.9 Å². The predicted molar refractivity (Wildman–Crippen MR) is 109 cm³/mol. The highest BCUT2D eigenvalue weighted by molar-refractivity contribution is 9.10. The van der Waals surface area contributed by atoms with Crippen molar-refractivity contribution in [1.82, 2.24) is 14.8 Å². The Morgan fingerprint density at radius 1 is 1.30 bits per heavy atom. The number of piperidine rings is 1. The lowest BCUT2D eigenvalue weighted by Crippen LogP contribution is -2.51. The molecule has 1 aliphatic heterocycles. The van der Waals surface area contributed by atoms with Gasteiger partial charge in [-0.3, -0.25) is 4.79 Å². The molecule has 0 saturated carbocycles. The number of nitrogens with zero attached hydrogens (tertiary/aromatic N) is 2. The number of H-pyrrole nitrogens is 1. The zero-order valence-electron chi connectivity index (χ0n) is 16.2. The predicted octanol–water partition coefficient (Wildman–Crippen LogP) is 4.40. The summed E-state index contributed by atoms with van der Waals surface area (Å²) in [4.78, 5) is 31.9. The Kier molecular flexibility index (Phi) is 5.51. The zero-order chi connectivity index (χ0) is 19.8. The van der Waals surface area contributed by atoms with Gasteiger partial charge in [0.15, 0.2) is 0 Å². The summed E-state index contributed by atoms with van der Waals surface area (Å²) in [5.41, 5.74) is 0.957. The summed E-state index contributed by atoms with van der Waals surface area (Å²) in [6.45, 7) is 6.72. The van der Waals surface area contributed by atoms with Crippen LogP contribution in [0.3, 0.4) is 0 Å². The molecule has 0 radical (unpaired) electrons. The van der Waals surface area contributed by atoms with E-state index in [4.69, 9.17) is 4.74 Å². The number of carbonyl (C=O) groups is 2. The van der Waals surface area contributed by atoms with Crippen LogP contribution in [0.25, 0.3) is 10.9 Å². The number of rotatable bonds is 2. The van der Waals surface area contributed by atoms with Crippen LogP contribution in [0.4, 0.5) is 4.79 Å². The summed E-state index contributed by atoms with van der Waals surface area (Å²) in [5.74, 6) is -0.0710. The smallest absolute Gasteiger partial charge is 0.410 e. The number of halogens is 1. The standard InChI is InChI=1S/C20H26BrN3O3/c1-20(2,3)27-19(26)24-9-5-6-15(12-24)23(4)18(25)17-11-13-10-14(21)7-8-16(13)22-17/h7-8,10-11,15,22H,5-6,9,12H2,1-4H3. The average Bonchev–Trinajstić information content (AvgIpc) is 3.02. The first kappa shape index (κ1) is 19.7. The van der Waals surface area contributed by atoms with E-state index in [-0.39, 0.29) is 18.0 Å². The summed E-state index contributed by atoms with van der Waals surface area (Å²) in [6.07, 6.45) is 1.40. The molecule has 27 heavy (non-hydrogen) atoms. The fourth-order valence-electron chi connectivity index (χ4n) is 3.34. The molecule has 0 bridgehead atoms. The number of aromatic nitrogens is 1. The van der Waals surface area contributed by atoms with Crippen LogP contribution in [0.15, 0.2) is 28.7 Å². The van der Waals surface area contributed by atoms with Gasteiger partial charge in [0.25, 0.3) is 5.91 Å². The lowest BCUT2D eigenvalue weighted by Gasteiger charge is -2.38. The first-order chi connectivity index (χ1) is 12.6. The molecule has 1 atom stereocenters. The number of hydrogen-bond donors (Lipinski definition) is 1. The highest BCUT2D eigenvalue weighted by Crippen LogP contribution is 2.23. The number of aromatic amines is 1. The first-order valence-electron chi connectivity index (χ1n) is 9.17. The van der Waals surface area contributed by atoms with Crippen molar-refractivity contribution in [3.05, 3.63) is 34.4 Å². The molecule has 1 fully saturated rings. The first-order valence-corrected chi connectivity index (χ1v) is 9.97. The summed E-state index contributed by atoms with van der Waals surface area (Å²) in [7, 11) is 1.80. The molecule has 1 N–H and O–H groups in total. The number of nitrogens with one attached hydrogen (secondary N) is 1. The summed E-state index contributed by atoms with van der Waals surface area (Å²) in [5, 5.41) is 0.986. The maximum atomic E-state index is 13.0. The fourth-order valence-corrected chi connectivity index (χ4v) is 3.72. The molecular weight excluding hydrogens is 410 g/mol. The lowest BCUT2D eigenvalue weighted by molar-refractivity contribution is 0.0122. The van der Waals surface area contributed by atoms with Crippen molar-refractivity contribution in [3.63, 3.8) is 0 Å². The van der Waals surface area contributed by atoms with Gasteiger partial charge in [-0.05, 0) is 57.9 Å². The van der Waals surface area contributed by atoms with Gasteiger partial charge in [-0.1, -0.05) is 15.9 Å². The van der Waals surface area contributed by atoms with Gasteiger partial charge < -0.3 is 19.5 Å². The maximum Gasteiger partial charge on any atom is 0.410 e. The van der Waals surface area contributed by atoms with E-state index in [1.165, 1.54) is 0 Å². The van der Waals surface area contributed by atoms with Gasteiger partial charge >= 0.3 is 6.09 Å². The Labute approximate surface area is 168 Å². The van der Waals surface area contributed by atoms with Crippen LogP contribution in [0.2, 0.25) is 0 Å². The molecule has 7 heteroatoms. The van der Waals surface area contributed by atoms with Crippen molar-refractivity contribution in [2.75, 3.05) is 20.1 Å². The van der Waals surface area contributed by atoms with E-state index in [0.29, 0.717) is 18.8 Å². The minimum atomic E-state index is -0.523. The molecule has 2 heterocycles. The Morgan fingerprint density at radius 2 is 2.04 bits per heavy atom. The summed E-state index contributed by atoms with van der Waals surface area (Å²) in [6, 6.07) is 7.70. The normalized spacial score (nSPS) is 17.8. The quantitative estimate of drug-likeness (QED) is 0.759. The highest BCUT2D eigenvalue weighted by atomic mass is 79.9. The number of likely N-dealkylation sites (tertiary alicyclic amines) is 1. The minimum absolute atomic E-state index is 0.0306. The van der Waals surface area contributed by atoms with E-state index in [0.717, 1.165) is 28.2 Å².